The molecule has 0 aromatic heterocycles. The summed E-state index contributed by atoms with van der Waals surface area (Å²) in [5.41, 5.74) is 0. The van der Waals surface area contributed by atoms with Crippen LogP contribution in [0.4, 0.5) is 0 Å². The molecule has 0 aliphatic heterocycles. The Morgan fingerprint density at radius 3 is 0.831 bits per heavy atom. The van der Waals surface area contributed by atoms with Crippen molar-refractivity contribution in [3.05, 3.63) is 109 Å². The van der Waals surface area contributed by atoms with Gasteiger partial charge in [-0.2, -0.15) is 0 Å². The normalized spacial score (nSPS) is 12.8. The first-order valence-electron chi connectivity index (χ1n) is 32.4. The Morgan fingerprint density at radius 1 is 0.260 bits per heavy atom. The number of hydrogen-bond acceptors (Lipinski definition) is 6. The Labute approximate surface area is 476 Å². The number of carbonyl (C=O) groups excluding carboxylic acids is 3. The summed E-state index contributed by atoms with van der Waals surface area (Å²) >= 11 is 0. The van der Waals surface area contributed by atoms with E-state index >= 15 is 0 Å². The lowest BCUT2D eigenvalue weighted by molar-refractivity contribution is -0.166. The zero-order valence-corrected chi connectivity index (χ0v) is 50.4. The molecule has 1 atom stereocenters. The fraction of sp³-hybridized carbons (Fsp3) is 0.704. The molecule has 0 N–H and O–H groups in total. The van der Waals surface area contributed by atoms with Crippen molar-refractivity contribution in [3.63, 3.8) is 0 Å². The van der Waals surface area contributed by atoms with Crippen molar-refractivity contribution in [2.75, 3.05) is 13.2 Å². The third-order valence-electron chi connectivity index (χ3n) is 13.8. The highest BCUT2D eigenvalue weighted by Crippen LogP contribution is 2.16. The standard InChI is InChI=1S/C71H120O6/c1-4-7-10-13-16-19-22-25-28-31-34-35-38-40-43-46-49-52-55-58-61-64-70(73)76-67-68(77-71(74)65-62-59-56-53-50-47-44-41-37-33-30-27-24-21-18-15-12-9-6-3)66-75-69(72)63-60-57-54-51-48-45-42-39-36-32-29-26-23-20-17-14-11-8-5-2/h17-18,20-21,26-27,29-30,36-37,39,41,45,47-48,50,54,57,68H,4-16,19,22-25,28,31-35,38,40,42-44,46,49,51-53,55-56,58-67H2,1-3H3/b20-17-,21-18-,29-26-,30-27-,39-36-,41-37-,48-45-,50-47-,57-54-/t68-/m1/s1. The molecule has 0 amide bonds. The maximum absolute atomic E-state index is 12.9. The zero-order valence-electron chi connectivity index (χ0n) is 50.4. The van der Waals surface area contributed by atoms with Crippen molar-refractivity contribution in [3.8, 4) is 0 Å². The molecule has 6 nitrogen and oxygen atoms in total. The summed E-state index contributed by atoms with van der Waals surface area (Å²) in [5.74, 6) is -1.02. The van der Waals surface area contributed by atoms with Gasteiger partial charge < -0.3 is 14.2 Å². The van der Waals surface area contributed by atoms with Crippen molar-refractivity contribution in [1.29, 1.82) is 0 Å². The SMILES string of the molecule is CCCCC/C=C\C/C=C\C/C=C\C/C=C\C/C=C\CCC(=O)OC[C@H](COC(=O)CCCCCCCCCCCCCCCCCCCCCCC)OC(=O)CCCCC/C=C\C/C=C\C/C=C\C/C=C\CCCCC. The molecule has 0 aromatic carbocycles. The zero-order chi connectivity index (χ0) is 55.7. The molecule has 0 rings (SSSR count). The molecular formula is C71H120O6. The Balaban J connectivity index is 4.51. The second-order valence-corrected chi connectivity index (χ2v) is 21.3. The summed E-state index contributed by atoms with van der Waals surface area (Å²) in [7, 11) is 0. The largest absolute Gasteiger partial charge is 0.462 e. The van der Waals surface area contributed by atoms with Gasteiger partial charge in [-0.1, -0.05) is 291 Å². The first kappa shape index (κ1) is 73.1. The van der Waals surface area contributed by atoms with Crippen molar-refractivity contribution < 1.29 is 28.6 Å². The second-order valence-electron chi connectivity index (χ2n) is 21.3. The highest BCUT2D eigenvalue weighted by atomic mass is 16.6. The summed E-state index contributed by atoms with van der Waals surface area (Å²) in [4.78, 5) is 38.3. The van der Waals surface area contributed by atoms with Crippen molar-refractivity contribution in [2.24, 2.45) is 0 Å². The van der Waals surface area contributed by atoms with Gasteiger partial charge in [-0.15, -0.1) is 0 Å². The van der Waals surface area contributed by atoms with Gasteiger partial charge in [0.15, 0.2) is 6.10 Å². The van der Waals surface area contributed by atoms with E-state index in [2.05, 4.69) is 124 Å². The van der Waals surface area contributed by atoms with E-state index in [-0.39, 0.29) is 44.0 Å². The van der Waals surface area contributed by atoms with Crippen LogP contribution < -0.4 is 0 Å². The molecular weight excluding hydrogens is 949 g/mol. The summed E-state index contributed by atoms with van der Waals surface area (Å²) in [6.45, 7) is 6.52. The van der Waals surface area contributed by atoms with Crippen LogP contribution in [-0.4, -0.2) is 37.2 Å². The van der Waals surface area contributed by atoms with Gasteiger partial charge >= 0.3 is 17.9 Å². The van der Waals surface area contributed by atoms with E-state index in [1.165, 1.54) is 167 Å². The molecule has 0 bridgehead atoms. The molecule has 0 fully saturated rings. The topological polar surface area (TPSA) is 78.9 Å². The molecule has 0 aliphatic carbocycles. The maximum Gasteiger partial charge on any atom is 0.306 e. The summed E-state index contributed by atoms with van der Waals surface area (Å²) in [6, 6.07) is 0. The predicted octanol–water partition coefficient (Wildman–Crippen LogP) is 22.2. The highest BCUT2D eigenvalue weighted by molar-refractivity contribution is 5.71. The second kappa shape index (κ2) is 64.6. The van der Waals surface area contributed by atoms with Crippen LogP contribution in [0.2, 0.25) is 0 Å². The van der Waals surface area contributed by atoms with Crippen LogP contribution in [0.5, 0.6) is 0 Å². The van der Waals surface area contributed by atoms with E-state index < -0.39 is 6.10 Å². The summed E-state index contributed by atoms with van der Waals surface area (Å²) in [5, 5.41) is 0. The fourth-order valence-electron chi connectivity index (χ4n) is 8.88. The number of carbonyl (C=O) groups is 3. The average molecular weight is 1070 g/mol. The van der Waals surface area contributed by atoms with Gasteiger partial charge in [-0.25, -0.2) is 0 Å². The summed E-state index contributed by atoms with van der Waals surface area (Å²) < 4.78 is 16.8. The van der Waals surface area contributed by atoms with E-state index in [1.807, 2.05) is 6.08 Å². The van der Waals surface area contributed by atoms with Gasteiger partial charge in [0.1, 0.15) is 13.2 Å². The maximum atomic E-state index is 12.9. The van der Waals surface area contributed by atoms with Crippen molar-refractivity contribution >= 4 is 17.9 Å². The minimum absolute atomic E-state index is 0.113. The molecule has 0 saturated heterocycles. The van der Waals surface area contributed by atoms with Crippen LogP contribution in [0.1, 0.15) is 303 Å². The Hall–Kier alpha value is -3.93. The third kappa shape index (κ3) is 62.8. The van der Waals surface area contributed by atoms with Gasteiger partial charge in [-0.3, -0.25) is 14.4 Å². The molecule has 0 radical (unpaired) electrons. The van der Waals surface area contributed by atoms with E-state index in [1.54, 1.807) is 0 Å². The van der Waals surface area contributed by atoms with Crippen LogP contribution >= 0.6 is 0 Å². The molecule has 0 aromatic rings. The first-order valence-corrected chi connectivity index (χ1v) is 32.4. The van der Waals surface area contributed by atoms with E-state index in [0.29, 0.717) is 19.3 Å². The van der Waals surface area contributed by atoms with Gasteiger partial charge in [0.2, 0.25) is 0 Å². The summed E-state index contributed by atoms with van der Waals surface area (Å²) in [6.07, 6.45) is 88.2. The highest BCUT2D eigenvalue weighted by Gasteiger charge is 2.19. The van der Waals surface area contributed by atoms with E-state index in [4.69, 9.17) is 14.2 Å². The predicted molar refractivity (Wildman–Crippen MR) is 334 cm³/mol. The molecule has 6 heteroatoms. The molecule has 0 saturated carbocycles. The molecule has 0 unspecified atom stereocenters. The number of rotatable bonds is 58. The van der Waals surface area contributed by atoms with E-state index in [9.17, 15) is 14.4 Å². The quantitative estimate of drug-likeness (QED) is 0.0261. The van der Waals surface area contributed by atoms with Crippen molar-refractivity contribution in [1.82, 2.24) is 0 Å². The first-order chi connectivity index (χ1) is 38.0. The van der Waals surface area contributed by atoms with Gasteiger partial charge in [0.25, 0.3) is 0 Å². The van der Waals surface area contributed by atoms with Crippen LogP contribution in [-0.2, 0) is 28.6 Å². The number of ether oxygens (including phenoxy) is 3. The number of hydrogen-bond donors (Lipinski definition) is 0. The third-order valence-corrected chi connectivity index (χ3v) is 13.8. The average Bonchev–Trinajstić information content (AvgIpc) is 3.43. The Kier molecular flexibility index (Phi) is 61.3. The van der Waals surface area contributed by atoms with Crippen LogP contribution in [0.3, 0.4) is 0 Å². The smallest absolute Gasteiger partial charge is 0.306 e. The van der Waals surface area contributed by atoms with E-state index in [0.717, 1.165) is 83.5 Å². The minimum Gasteiger partial charge on any atom is -0.462 e. The Morgan fingerprint density at radius 2 is 0.494 bits per heavy atom. The molecule has 440 valence electrons. The van der Waals surface area contributed by atoms with Crippen LogP contribution in [0, 0.1) is 0 Å². The van der Waals surface area contributed by atoms with Gasteiger partial charge in [0.05, 0.1) is 0 Å². The number of allylic oxidation sites excluding steroid dienone is 18. The number of esters is 3. The molecule has 0 aliphatic rings. The van der Waals surface area contributed by atoms with Gasteiger partial charge in [-0.05, 0) is 103 Å². The lowest BCUT2D eigenvalue weighted by Gasteiger charge is -2.18. The minimum atomic E-state index is -0.827. The van der Waals surface area contributed by atoms with Gasteiger partial charge in [0, 0.05) is 19.3 Å². The molecule has 77 heavy (non-hydrogen) atoms. The lowest BCUT2D eigenvalue weighted by atomic mass is 10.0. The van der Waals surface area contributed by atoms with Crippen molar-refractivity contribution in [2.45, 2.75) is 309 Å². The molecule has 0 heterocycles. The fourth-order valence-corrected chi connectivity index (χ4v) is 8.88. The molecule has 0 spiro atoms. The lowest BCUT2D eigenvalue weighted by Crippen LogP contribution is -2.30. The number of unbranched alkanes of at least 4 members (excludes halogenated alkanes) is 29. The van der Waals surface area contributed by atoms with Crippen LogP contribution in [0.15, 0.2) is 109 Å². The van der Waals surface area contributed by atoms with Crippen LogP contribution in [0.25, 0.3) is 0 Å². The Bertz CT molecular complexity index is 1560. The monoisotopic (exact) mass is 1070 g/mol.